The van der Waals surface area contributed by atoms with Gasteiger partial charge in [-0.3, -0.25) is 4.79 Å². The zero-order valence-electron chi connectivity index (χ0n) is 16.7. The highest BCUT2D eigenvalue weighted by Crippen LogP contribution is 2.31. The molecule has 0 saturated heterocycles. The van der Waals surface area contributed by atoms with Gasteiger partial charge in [0.25, 0.3) is 5.91 Å². The van der Waals surface area contributed by atoms with E-state index in [-0.39, 0.29) is 23.4 Å². The first kappa shape index (κ1) is 20.4. The molecule has 0 bridgehead atoms. The van der Waals surface area contributed by atoms with Gasteiger partial charge in [-0.15, -0.1) is 0 Å². The summed E-state index contributed by atoms with van der Waals surface area (Å²) in [6.45, 7) is 2.38. The molecule has 156 valence electrons. The molecule has 1 aromatic heterocycles. The minimum Gasteiger partial charge on any atom is -0.467 e. The van der Waals surface area contributed by atoms with Crippen molar-refractivity contribution in [2.45, 2.75) is 43.8 Å². The molecule has 30 heavy (non-hydrogen) atoms. The van der Waals surface area contributed by atoms with E-state index in [1.165, 1.54) is 12.1 Å². The molecule has 1 saturated carbocycles. The van der Waals surface area contributed by atoms with E-state index in [2.05, 4.69) is 4.72 Å². The Bertz CT molecular complexity index is 1120. The molecule has 1 N–H and O–H groups in total. The van der Waals surface area contributed by atoms with Gasteiger partial charge in [0.2, 0.25) is 10.0 Å². The predicted molar refractivity (Wildman–Crippen MR) is 113 cm³/mol. The summed E-state index contributed by atoms with van der Waals surface area (Å²) in [5.74, 6) is 0.535. The fourth-order valence-electron chi connectivity index (χ4n) is 3.33. The molecular weight excluding hydrogens is 400 g/mol. The number of carbonyl (C=O) groups excluding carboxylic acids is 1. The quantitative estimate of drug-likeness (QED) is 0.595. The van der Waals surface area contributed by atoms with Crippen LogP contribution >= 0.6 is 0 Å². The molecule has 0 unspecified atom stereocenters. The molecule has 0 radical (unpaired) electrons. The monoisotopic (exact) mass is 424 g/mol. The van der Waals surface area contributed by atoms with Gasteiger partial charge in [0, 0.05) is 18.2 Å². The molecule has 0 aliphatic heterocycles. The normalized spacial score (nSPS) is 13.9. The molecule has 1 heterocycles. The summed E-state index contributed by atoms with van der Waals surface area (Å²) in [5.41, 5.74) is 2.01. The minimum atomic E-state index is -3.75. The molecule has 0 spiro atoms. The third-order valence-electron chi connectivity index (χ3n) is 5.21. The van der Waals surface area contributed by atoms with Crippen LogP contribution in [0, 0.1) is 6.92 Å². The Hall–Kier alpha value is -2.90. The lowest BCUT2D eigenvalue weighted by Crippen LogP contribution is -2.33. The van der Waals surface area contributed by atoms with Crippen LogP contribution in [0.1, 0.15) is 40.1 Å². The number of nitrogens with zero attached hydrogens (tertiary/aromatic N) is 1. The molecule has 6 nitrogen and oxygen atoms in total. The van der Waals surface area contributed by atoms with Gasteiger partial charge in [-0.05, 0) is 55.2 Å². The fraction of sp³-hybridized carbons (Fsp3) is 0.261. The fourth-order valence-corrected chi connectivity index (χ4v) is 4.38. The van der Waals surface area contributed by atoms with Crippen LogP contribution in [0.2, 0.25) is 0 Å². The average Bonchev–Trinajstić information content (AvgIpc) is 3.46. The largest absolute Gasteiger partial charge is 0.467 e. The highest BCUT2D eigenvalue weighted by atomic mass is 32.2. The van der Waals surface area contributed by atoms with Crippen LogP contribution in [0.3, 0.4) is 0 Å². The van der Waals surface area contributed by atoms with Crippen LogP contribution in [-0.4, -0.2) is 25.3 Å². The van der Waals surface area contributed by atoms with E-state index in [1.807, 2.05) is 43.3 Å². The summed E-state index contributed by atoms with van der Waals surface area (Å²) in [6.07, 6.45) is 3.48. The van der Waals surface area contributed by atoms with Crippen molar-refractivity contribution in [1.82, 2.24) is 9.62 Å². The Morgan fingerprint density at radius 1 is 1.10 bits per heavy atom. The first-order valence-electron chi connectivity index (χ1n) is 9.91. The van der Waals surface area contributed by atoms with Gasteiger partial charge in [0.05, 0.1) is 17.7 Å². The lowest BCUT2D eigenvalue weighted by molar-refractivity contribution is 0.0716. The van der Waals surface area contributed by atoms with Gasteiger partial charge in [0.15, 0.2) is 0 Å². The number of aryl methyl sites for hydroxylation is 1. The smallest absolute Gasteiger partial charge is 0.254 e. The molecular formula is C23H24N2O4S. The molecule has 1 aliphatic rings. The van der Waals surface area contributed by atoms with Crippen LogP contribution in [0.25, 0.3) is 0 Å². The zero-order chi connectivity index (χ0) is 21.1. The first-order valence-corrected chi connectivity index (χ1v) is 11.4. The van der Waals surface area contributed by atoms with Crippen LogP contribution in [0.4, 0.5) is 0 Å². The summed E-state index contributed by atoms with van der Waals surface area (Å²) in [4.78, 5) is 15.2. The number of furan rings is 1. The molecule has 1 amide bonds. The summed E-state index contributed by atoms with van der Waals surface area (Å²) in [5, 5.41) is 0. The third kappa shape index (κ3) is 4.63. The standard InChI is InChI=1S/C23H24N2O4S/c1-17-9-12-21(30(27,28)24-15-18-6-3-2-4-7-18)14-22(17)23(26)25(19-10-11-19)16-20-8-5-13-29-20/h2-9,12-14,19,24H,10-11,15-16H2,1H3. The summed E-state index contributed by atoms with van der Waals surface area (Å²) in [7, 11) is -3.75. The number of hydrogen-bond acceptors (Lipinski definition) is 4. The maximum absolute atomic E-state index is 13.3. The van der Waals surface area contributed by atoms with Crippen molar-refractivity contribution in [3.63, 3.8) is 0 Å². The molecule has 7 heteroatoms. The summed E-state index contributed by atoms with van der Waals surface area (Å²) < 4.78 is 33.6. The van der Waals surface area contributed by atoms with Crippen molar-refractivity contribution in [3.8, 4) is 0 Å². The molecule has 1 aliphatic carbocycles. The van der Waals surface area contributed by atoms with E-state index in [4.69, 9.17) is 4.42 Å². The predicted octanol–water partition coefficient (Wildman–Crippen LogP) is 3.87. The second kappa shape index (κ2) is 8.45. The first-order chi connectivity index (χ1) is 14.4. The highest BCUT2D eigenvalue weighted by Gasteiger charge is 2.34. The van der Waals surface area contributed by atoms with Crippen molar-refractivity contribution in [2.75, 3.05) is 0 Å². The number of benzene rings is 2. The van der Waals surface area contributed by atoms with E-state index in [0.717, 1.165) is 24.0 Å². The lowest BCUT2D eigenvalue weighted by atomic mass is 10.1. The number of rotatable bonds is 8. The van der Waals surface area contributed by atoms with Gasteiger partial charge >= 0.3 is 0 Å². The van der Waals surface area contributed by atoms with Crippen LogP contribution in [-0.2, 0) is 23.1 Å². The van der Waals surface area contributed by atoms with Gasteiger partial charge in [0.1, 0.15) is 5.76 Å². The van der Waals surface area contributed by atoms with E-state index in [0.29, 0.717) is 17.9 Å². The van der Waals surface area contributed by atoms with E-state index < -0.39 is 10.0 Å². The van der Waals surface area contributed by atoms with Gasteiger partial charge in [-0.2, -0.15) is 0 Å². The Morgan fingerprint density at radius 2 is 1.87 bits per heavy atom. The van der Waals surface area contributed by atoms with Crippen molar-refractivity contribution >= 4 is 15.9 Å². The number of hydrogen-bond donors (Lipinski definition) is 1. The van der Waals surface area contributed by atoms with Crippen molar-refractivity contribution in [2.24, 2.45) is 0 Å². The number of amides is 1. The van der Waals surface area contributed by atoms with Crippen LogP contribution in [0.15, 0.2) is 76.2 Å². The molecule has 0 atom stereocenters. The van der Waals surface area contributed by atoms with Crippen molar-refractivity contribution < 1.29 is 17.6 Å². The van der Waals surface area contributed by atoms with Gasteiger partial charge < -0.3 is 9.32 Å². The second-order valence-corrected chi connectivity index (χ2v) is 9.30. The van der Waals surface area contributed by atoms with Crippen molar-refractivity contribution in [3.05, 3.63) is 89.4 Å². The Kier molecular flexibility index (Phi) is 5.74. The average molecular weight is 425 g/mol. The van der Waals surface area contributed by atoms with Gasteiger partial charge in [-0.25, -0.2) is 13.1 Å². The minimum absolute atomic E-state index is 0.0844. The Balaban J connectivity index is 1.56. The van der Waals surface area contributed by atoms with E-state index in [1.54, 1.807) is 23.3 Å². The highest BCUT2D eigenvalue weighted by molar-refractivity contribution is 7.89. The number of carbonyl (C=O) groups is 1. The summed E-state index contributed by atoms with van der Waals surface area (Å²) in [6, 6.07) is 17.8. The maximum atomic E-state index is 13.3. The zero-order valence-corrected chi connectivity index (χ0v) is 17.6. The summed E-state index contributed by atoms with van der Waals surface area (Å²) >= 11 is 0. The lowest BCUT2D eigenvalue weighted by Gasteiger charge is -2.22. The molecule has 3 aromatic rings. The SMILES string of the molecule is Cc1ccc(S(=O)(=O)NCc2ccccc2)cc1C(=O)N(Cc1ccco1)C1CC1. The van der Waals surface area contributed by atoms with Gasteiger partial charge in [-0.1, -0.05) is 36.4 Å². The number of sulfonamides is 1. The van der Waals surface area contributed by atoms with Crippen molar-refractivity contribution in [1.29, 1.82) is 0 Å². The second-order valence-electron chi connectivity index (χ2n) is 7.53. The molecule has 1 fully saturated rings. The number of nitrogens with one attached hydrogen (secondary N) is 1. The van der Waals surface area contributed by atoms with E-state index in [9.17, 15) is 13.2 Å². The Labute approximate surface area is 176 Å². The topological polar surface area (TPSA) is 79.6 Å². The molecule has 4 rings (SSSR count). The van der Waals surface area contributed by atoms with Crippen LogP contribution in [0.5, 0.6) is 0 Å². The Morgan fingerprint density at radius 3 is 2.53 bits per heavy atom. The van der Waals surface area contributed by atoms with Crippen LogP contribution < -0.4 is 4.72 Å². The maximum Gasteiger partial charge on any atom is 0.254 e. The molecule has 2 aromatic carbocycles. The van der Waals surface area contributed by atoms with E-state index >= 15 is 0 Å². The third-order valence-corrected chi connectivity index (χ3v) is 6.61.